The standard InChI is InChI=1S/C26H30N2O6S/c1-16(15-29)28-22-24(31)27(17-8-10-18(33-2)11-9-17)13-6-12-26(22)21(23(28)30)20-19(35-26)7-4-3-5-14-34-25(20)32/h4,6-12,16,19-22,29H,3,5,13-15H2,1-2H3/b7-4-/t16-,19-,20+,21+,22?,26+/m1/s1. The number of hydrogen-bond donors (Lipinski definition) is 1. The number of thioether (sulfide) groups is 1. The Bertz CT molecular complexity index is 1070. The minimum atomic E-state index is -0.934. The molecule has 4 heterocycles. The number of fused-ring (bicyclic) bond motifs is 2. The van der Waals surface area contributed by atoms with Gasteiger partial charge in [0.05, 0.1) is 42.9 Å². The Labute approximate surface area is 208 Å². The maximum absolute atomic E-state index is 14.2. The number of benzene rings is 1. The molecule has 2 saturated heterocycles. The number of hydrogen-bond acceptors (Lipinski definition) is 7. The zero-order valence-electron chi connectivity index (χ0n) is 19.8. The summed E-state index contributed by atoms with van der Waals surface area (Å²) in [5.74, 6) is -1.66. The molecule has 6 atom stereocenters. The lowest BCUT2D eigenvalue weighted by Gasteiger charge is -2.37. The lowest BCUT2D eigenvalue weighted by molar-refractivity contribution is -0.153. The third kappa shape index (κ3) is 3.76. The van der Waals surface area contributed by atoms with Gasteiger partial charge in [-0.3, -0.25) is 14.4 Å². The highest BCUT2D eigenvalue weighted by molar-refractivity contribution is 8.02. The lowest BCUT2D eigenvalue weighted by Crippen LogP contribution is -2.56. The van der Waals surface area contributed by atoms with Gasteiger partial charge in [0.15, 0.2) is 0 Å². The average molecular weight is 499 g/mol. The molecule has 4 aliphatic rings. The van der Waals surface area contributed by atoms with E-state index in [4.69, 9.17) is 9.47 Å². The number of aliphatic hydroxyl groups excluding tert-OH is 1. The molecule has 2 amide bonds. The van der Waals surface area contributed by atoms with Crippen LogP contribution in [0.2, 0.25) is 0 Å². The van der Waals surface area contributed by atoms with Crippen molar-refractivity contribution in [1.82, 2.24) is 4.90 Å². The number of cyclic esters (lactones) is 1. The van der Waals surface area contributed by atoms with E-state index in [1.165, 1.54) is 16.7 Å². The molecule has 186 valence electrons. The van der Waals surface area contributed by atoms with Crippen LogP contribution in [0.15, 0.2) is 48.6 Å². The monoisotopic (exact) mass is 498 g/mol. The van der Waals surface area contributed by atoms with Gasteiger partial charge in [0.1, 0.15) is 11.8 Å². The molecule has 0 aliphatic carbocycles. The van der Waals surface area contributed by atoms with Gasteiger partial charge in [-0.2, -0.15) is 0 Å². The van der Waals surface area contributed by atoms with Crippen LogP contribution in [0.5, 0.6) is 5.75 Å². The number of likely N-dealkylation sites (tertiary alicyclic amines) is 1. The van der Waals surface area contributed by atoms with Crippen molar-refractivity contribution in [1.29, 1.82) is 0 Å². The van der Waals surface area contributed by atoms with E-state index in [0.29, 0.717) is 24.6 Å². The summed E-state index contributed by atoms with van der Waals surface area (Å²) in [6.45, 7) is 2.09. The Morgan fingerprint density at radius 1 is 1.20 bits per heavy atom. The van der Waals surface area contributed by atoms with E-state index < -0.39 is 34.6 Å². The lowest BCUT2D eigenvalue weighted by atomic mass is 9.78. The summed E-state index contributed by atoms with van der Waals surface area (Å²) in [6, 6.07) is 5.78. The second kappa shape index (κ2) is 9.35. The molecule has 1 unspecified atom stereocenters. The predicted octanol–water partition coefficient (Wildman–Crippen LogP) is 2.17. The molecule has 1 aromatic rings. The van der Waals surface area contributed by atoms with Crippen molar-refractivity contribution in [3.05, 3.63) is 48.6 Å². The molecule has 0 radical (unpaired) electrons. The molecule has 9 heteroatoms. The third-order valence-corrected chi connectivity index (χ3v) is 9.16. The Balaban J connectivity index is 1.61. The number of rotatable bonds is 4. The van der Waals surface area contributed by atoms with Crippen molar-refractivity contribution in [3.8, 4) is 5.75 Å². The van der Waals surface area contributed by atoms with Crippen LogP contribution in [0.1, 0.15) is 19.8 Å². The maximum Gasteiger partial charge on any atom is 0.311 e. The van der Waals surface area contributed by atoms with Gasteiger partial charge in [0.2, 0.25) is 5.91 Å². The van der Waals surface area contributed by atoms with Gasteiger partial charge >= 0.3 is 5.97 Å². The van der Waals surface area contributed by atoms with Crippen LogP contribution in [-0.4, -0.2) is 76.7 Å². The first-order valence-electron chi connectivity index (χ1n) is 12.0. The highest BCUT2D eigenvalue weighted by Gasteiger charge is 2.71. The van der Waals surface area contributed by atoms with Crippen molar-refractivity contribution >= 4 is 35.2 Å². The molecule has 35 heavy (non-hydrogen) atoms. The number of ether oxygens (including phenoxy) is 2. The molecule has 4 aliphatic heterocycles. The number of nitrogens with zero attached hydrogens (tertiary/aromatic N) is 2. The number of carbonyl (C=O) groups excluding carboxylic acids is 3. The number of amides is 2. The van der Waals surface area contributed by atoms with Crippen LogP contribution in [-0.2, 0) is 19.1 Å². The van der Waals surface area contributed by atoms with Crippen LogP contribution in [0.3, 0.4) is 0 Å². The molecule has 2 fully saturated rings. The van der Waals surface area contributed by atoms with Crippen LogP contribution in [0.25, 0.3) is 0 Å². The quantitative estimate of drug-likeness (QED) is 0.502. The molecule has 0 aromatic heterocycles. The van der Waals surface area contributed by atoms with Crippen LogP contribution >= 0.6 is 11.8 Å². The summed E-state index contributed by atoms with van der Waals surface area (Å²) < 4.78 is 9.88. The number of methoxy groups -OCH3 is 1. The third-order valence-electron chi connectivity index (χ3n) is 7.41. The highest BCUT2D eigenvalue weighted by Crippen LogP contribution is 2.61. The molecular formula is C26H30N2O6S. The second-order valence-corrected chi connectivity index (χ2v) is 10.9. The number of carbonyl (C=O) groups is 3. The first kappa shape index (κ1) is 23.9. The van der Waals surface area contributed by atoms with Crippen molar-refractivity contribution < 1.29 is 29.0 Å². The van der Waals surface area contributed by atoms with E-state index in [-0.39, 0.29) is 23.7 Å². The molecular weight excluding hydrogens is 468 g/mol. The van der Waals surface area contributed by atoms with Gasteiger partial charge in [-0.1, -0.05) is 24.3 Å². The molecule has 1 spiro atoms. The maximum atomic E-state index is 14.2. The topological polar surface area (TPSA) is 96.4 Å². The summed E-state index contributed by atoms with van der Waals surface area (Å²) in [5, 5.41) is 9.74. The first-order valence-corrected chi connectivity index (χ1v) is 12.9. The van der Waals surface area contributed by atoms with E-state index in [1.807, 2.05) is 36.4 Å². The van der Waals surface area contributed by atoms with Gasteiger partial charge in [0, 0.05) is 17.5 Å². The minimum absolute atomic E-state index is 0.229. The summed E-state index contributed by atoms with van der Waals surface area (Å²) in [4.78, 5) is 44.5. The SMILES string of the molecule is COc1ccc(N2CC=C[C@]34S[C@@H]5/C=C\CCCOC(=O)[C@@H]5[C@H]3C(=O)N([C@H](C)CO)C4C2=O)cc1. The number of allylic oxidation sites excluding steroid dienone is 1. The minimum Gasteiger partial charge on any atom is -0.497 e. The Morgan fingerprint density at radius 2 is 1.97 bits per heavy atom. The van der Waals surface area contributed by atoms with E-state index in [9.17, 15) is 19.5 Å². The zero-order valence-corrected chi connectivity index (χ0v) is 20.6. The Morgan fingerprint density at radius 3 is 2.69 bits per heavy atom. The summed E-state index contributed by atoms with van der Waals surface area (Å²) in [6.07, 6.45) is 9.45. The van der Waals surface area contributed by atoms with Gasteiger partial charge in [0.25, 0.3) is 5.91 Å². The Hall–Kier alpha value is -2.78. The molecule has 1 aromatic carbocycles. The van der Waals surface area contributed by atoms with E-state index in [0.717, 1.165) is 12.8 Å². The summed E-state index contributed by atoms with van der Waals surface area (Å²) >= 11 is 1.50. The van der Waals surface area contributed by atoms with Crippen molar-refractivity contribution in [2.75, 3.05) is 31.8 Å². The highest BCUT2D eigenvalue weighted by atomic mass is 32.2. The second-order valence-electron chi connectivity index (χ2n) is 9.41. The normalized spacial score (nSPS) is 34.1. The van der Waals surface area contributed by atoms with Gasteiger partial charge in [-0.15, -0.1) is 11.8 Å². The van der Waals surface area contributed by atoms with Crippen LogP contribution in [0, 0.1) is 11.8 Å². The Kier molecular flexibility index (Phi) is 6.40. The fourth-order valence-corrected chi connectivity index (χ4v) is 7.74. The van der Waals surface area contributed by atoms with E-state index >= 15 is 0 Å². The molecule has 5 rings (SSSR count). The zero-order chi connectivity index (χ0) is 24.7. The van der Waals surface area contributed by atoms with Gasteiger partial charge < -0.3 is 24.4 Å². The number of anilines is 1. The number of aliphatic hydroxyl groups is 1. The van der Waals surface area contributed by atoms with Crippen molar-refractivity contribution in [2.45, 2.75) is 41.8 Å². The molecule has 0 saturated carbocycles. The fourth-order valence-electron chi connectivity index (χ4n) is 5.75. The first-order chi connectivity index (χ1) is 16.9. The fraction of sp³-hybridized carbons (Fsp3) is 0.500. The molecule has 8 nitrogen and oxygen atoms in total. The van der Waals surface area contributed by atoms with Gasteiger partial charge in [-0.25, -0.2) is 0 Å². The van der Waals surface area contributed by atoms with E-state index in [2.05, 4.69) is 0 Å². The van der Waals surface area contributed by atoms with Gasteiger partial charge in [-0.05, 0) is 44.0 Å². The number of esters is 1. The molecule has 1 N–H and O–H groups in total. The largest absolute Gasteiger partial charge is 0.497 e. The average Bonchev–Trinajstić information content (AvgIpc) is 3.28. The van der Waals surface area contributed by atoms with E-state index in [1.54, 1.807) is 31.1 Å². The summed E-state index contributed by atoms with van der Waals surface area (Å²) in [5.41, 5.74) is 0.690. The van der Waals surface area contributed by atoms with Crippen molar-refractivity contribution in [3.63, 3.8) is 0 Å². The van der Waals surface area contributed by atoms with Crippen LogP contribution < -0.4 is 9.64 Å². The predicted molar refractivity (Wildman–Crippen MR) is 132 cm³/mol. The smallest absolute Gasteiger partial charge is 0.311 e. The summed E-state index contributed by atoms with van der Waals surface area (Å²) in [7, 11) is 1.58. The van der Waals surface area contributed by atoms with Crippen molar-refractivity contribution in [2.24, 2.45) is 11.8 Å². The molecule has 0 bridgehead atoms. The van der Waals surface area contributed by atoms with Crippen LogP contribution in [0.4, 0.5) is 5.69 Å².